The fourth-order valence-corrected chi connectivity index (χ4v) is 4.07. The molecule has 2 rings (SSSR count). The van der Waals surface area contributed by atoms with Crippen LogP contribution in [0, 0.1) is 5.41 Å². The first-order valence-corrected chi connectivity index (χ1v) is 7.01. The van der Waals surface area contributed by atoms with Crippen LogP contribution in [0.15, 0.2) is 24.3 Å². The summed E-state index contributed by atoms with van der Waals surface area (Å²) in [6, 6.07) is 7.62. The predicted molar refractivity (Wildman–Crippen MR) is 71.1 cm³/mol. The van der Waals surface area contributed by atoms with E-state index in [1.165, 1.54) is 0 Å². The summed E-state index contributed by atoms with van der Waals surface area (Å²) in [4.78, 5) is 0. The van der Waals surface area contributed by atoms with Gasteiger partial charge < -0.3 is 5.11 Å². The van der Waals surface area contributed by atoms with Crippen molar-refractivity contribution in [2.75, 3.05) is 11.5 Å². The lowest BCUT2D eigenvalue weighted by atomic mass is 9.78. The van der Waals surface area contributed by atoms with Gasteiger partial charge in [-0.3, -0.25) is 0 Å². The van der Waals surface area contributed by atoms with Crippen molar-refractivity contribution in [1.82, 2.24) is 0 Å². The average molecular weight is 257 g/mol. The molecule has 1 heterocycles. The Bertz CT molecular complexity index is 391. The van der Waals surface area contributed by atoms with Crippen LogP contribution in [-0.4, -0.2) is 16.6 Å². The van der Waals surface area contributed by atoms with Crippen molar-refractivity contribution in [3.63, 3.8) is 0 Å². The zero-order valence-electron chi connectivity index (χ0n) is 9.66. The second kappa shape index (κ2) is 4.25. The van der Waals surface area contributed by atoms with Gasteiger partial charge in [-0.2, -0.15) is 11.8 Å². The molecule has 3 heteroatoms. The highest BCUT2D eigenvalue weighted by Gasteiger charge is 2.41. The van der Waals surface area contributed by atoms with Crippen molar-refractivity contribution in [2.24, 2.45) is 5.41 Å². The summed E-state index contributed by atoms with van der Waals surface area (Å²) in [7, 11) is 0. The van der Waals surface area contributed by atoms with E-state index >= 15 is 0 Å². The SMILES string of the molecule is CC1(C)CSCC(O)(c2ccccc2Cl)C1. The molecule has 1 unspecified atom stereocenters. The number of hydrogen-bond donors (Lipinski definition) is 1. The largest absolute Gasteiger partial charge is 0.384 e. The Balaban J connectivity index is 2.35. The summed E-state index contributed by atoms with van der Waals surface area (Å²) in [5.41, 5.74) is 0.263. The Labute approximate surface area is 106 Å². The minimum absolute atomic E-state index is 0.164. The summed E-state index contributed by atoms with van der Waals surface area (Å²) in [6.07, 6.45) is 0.775. The first-order valence-electron chi connectivity index (χ1n) is 5.48. The molecular weight excluding hydrogens is 240 g/mol. The van der Waals surface area contributed by atoms with Gasteiger partial charge in [0.2, 0.25) is 0 Å². The molecule has 0 amide bonds. The number of aliphatic hydroxyl groups is 1. The molecule has 0 saturated carbocycles. The quantitative estimate of drug-likeness (QED) is 0.827. The number of hydrogen-bond acceptors (Lipinski definition) is 2. The first kappa shape index (κ1) is 12.3. The van der Waals surface area contributed by atoms with Gasteiger partial charge in [-0.1, -0.05) is 43.6 Å². The van der Waals surface area contributed by atoms with Crippen LogP contribution in [0.4, 0.5) is 0 Å². The molecule has 1 fully saturated rings. The molecule has 16 heavy (non-hydrogen) atoms. The lowest BCUT2D eigenvalue weighted by Crippen LogP contribution is -2.40. The van der Waals surface area contributed by atoms with E-state index in [0.29, 0.717) is 5.02 Å². The normalized spacial score (nSPS) is 29.0. The highest BCUT2D eigenvalue weighted by atomic mass is 35.5. The summed E-state index contributed by atoms with van der Waals surface area (Å²) in [6.45, 7) is 4.39. The van der Waals surface area contributed by atoms with E-state index in [2.05, 4.69) is 13.8 Å². The van der Waals surface area contributed by atoms with Crippen molar-refractivity contribution in [3.8, 4) is 0 Å². The second-order valence-electron chi connectivity index (χ2n) is 5.35. The van der Waals surface area contributed by atoms with Gasteiger partial charge in [0, 0.05) is 16.3 Å². The van der Waals surface area contributed by atoms with E-state index in [1.54, 1.807) is 11.8 Å². The van der Waals surface area contributed by atoms with Crippen LogP contribution < -0.4 is 0 Å². The molecule has 0 radical (unpaired) electrons. The van der Waals surface area contributed by atoms with E-state index in [-0.39, 0.29) is 5.41 Å². The van der Waals surface area contributed by atoms with E-state index in [9.17, 15) is 5.11 Å². The Morgan fingerprint density at radius 2 is 1.94 bits per heavy atom. The van der Waals surface area contributed by atoms with Gasteiger partial charge in [-0.15, -0.1) is 0 Å². The summed E-state index contributed by atoms with van der Waals surface area (Å²) < 4.78 is 0. The molecule has 1 N–H and O–H groups in total. The Morgan fingerprint density at radius 1 is 1.25 bits per heavy atom. The number of benzene rings is 1. The Kier molecular flexibility index (Phi) is 3.26. The molecule has 1 aromatic rings. The number of rotatable bonds is 1. The van der Waals surface area contributed by atoms with Gasteiger partial charge >= 0.3 is 0 Å². The van der Waals surface area contributed by atoms with Gasteiger partial charge in [0.05, 0.1) is 0 Å². The van der Waals surface area contributed by atoms with Crippen molar-refractivity contribution < 1.29 is 5.11 Å². The third-order valence-electron chi connectivity index (χ3n) is 2.98. The highest BCUT2D eigenvalue weighted by Crippen LogP contribution is 2.45. The molecule has 1 atom stereocenters. The van der Waals surface area contributed by atoms with E-state index in [0.717, 1.165) is 23.5 Å². The van der Waals surface area contributed by atoms with E-state index < -0.39 is 5.60 Å². The molecule has 1 aromatic carbocycles. The van der Waals surface area contributed by atoms with Gasteiger partial charge in [0.25, 0.3) is 0 Å². The number of halogens is 1. The summed E-state index contributed by atoms with van der Waals surface area (Å²) >= 11 is 7.97. The zero-order valence-corrected chi connectivity index (χ0v) is 11.2. The van der Waals surface area contributed by atoms with Gasteiger partial charge in [-0.05, 0) is 23.7 Å². The molecule has 1 nitrogen and oxygen atoms in total. The lowest BCUT2D eigenvalue weighted by Gasteiger charge is -2.41. The van der Waals surface area contributed by atoms with Gasteiger partial charge in [0.15, 0.2) is 0 Å². The second-order valence-corrected chi connectivity index (χ2v) is 6.74. The molecule has 1 aliphatic heterocycles. The van der Waals surface area contributed by atoms with Crippen LogP contribution in [0.2, 0.25) is 5.02 Å². The standard InChI is InChI=1S/C13H17ClOS/c1-12(2)7-13(15,9-16-8-12)10-5-3-4-6-11(10)14/h3-6,15H,7-9H2,1-2H3. The van der Waals surface area contributed by atoms with Crippen LogP contribution >= 0.6 is 23.4 Å². The minimum Gasteiger partial charge on any atom is -0.384 e. The molecule has 88 valence electrons. The minimum atomic E-state index is -0.773. The average Bonchev–Trinajstić information content (AvgIpc) is 2.16. The van der Waals surface area contributed by atoms with Gasteiger partial charge in [0.1, 0.15) is 5.60 Å². The predicted octanol–water partition coefficient (Wildman–Crippen LogP) is 3.69. The lowest BCUT2D eigenvalue weighted by molar-refractivity contribution is 0.0157. The maximum Gasteiger partial charge on any atom is 0.101 e. The zero-order chi connectivity index (χ0) is 11.8. The van der Waals surface area contributed by atoms with Crippen molar-refractivity contribution in [2.45, 2.75) is 25.9 Å². The highest BCUT2D eigenvalue weighted by molar-refractivity contribution is 7.99. The fourth-order valence-electron chi connectivity index (χ4n) is 2.40. The molecule has 1 saturated heterocycles. The monoisotopic (exact) mass is 256 g/mol. The Hall–Kier alpha value is -0.180. The molecular formula is C13H17ClOS. The maximum atomic E-state index is 10.8. The first-order chi connectivity index (χ1) is 7.43. The third-order valence-corrected chi connectivity index (χ3v) is 4.98. The van der Waals surface area contributed by atoms with Crippen LogP contribution in [-0.2, 0) is 5.60 Å². The summed E-state index contributed by atoms with van der Waals surface area (Å²) in [5.74, 6) is 1.83. The number of thioether (sulfide) groups is 1. The molecule has 0 spiro atoms. The molecule has 1 aliphatic rings. The molecule has 0 aliphatic carbocycles. The topological polar surface area (TPSA) is 20.2 Å². The third kappa shape index (κ3) is 2.39. The van der Waals surface area contributed by atoms with Crippen LogP contribution in [0.5, 0.6) is 0 Å². The fraction of sp³-hybridized carbons (Fsp3) is 0.538. The van der Waals surface area contributed by atoms with E-state index in [1.807, 2.05) is 24.3 Å². The maximum absolute atomic E-state index is 10.8. The van der Waals surface area contributed by atoms with Crippen LogP contribution in [0.3, 0.4) is 0 Å². The van der Waals surface area contributed by atoms with Crippen molar-refractivity contribution in [3.05, 3.63) is 34.9 Å². The van der Waals surface area contributed by atoms with Gasteiger partial charge in [-0.25, -0.2) is 0 Å². The van der Waals surface area contributed by atoms with Crippen molar-refractivity contribution >= 4 is 23.4 Å². The molecule has 0 aromatic heterocycles. The van der Waals surface area contributed by atoms with E-state index in [4.69, 9.17) is 11.6 Å². The molecule has 0 bridgehead atoms. The van der Waals surface area contributed by atoms with Crippen LogP contribution in [0.25, 0.3) is 0 Å². The van der Waals surface area contributed by atoms with Crippen LogP contribution in [0.1, 0.15) is 25.8 Å². The smallest absolute Gasteiger partial charge is 0.101 e. The summed E-state index contributed by atoms with van der Waals surface area (Å²) in [5, 5.41) is 11.4. The van der Waals surface area contributed by atoms with Crippen molar-refractivity contribution in [1.29, 1.82) is 0 Å². The Morgan fingerprint density at radius 3 is 2.56 bits per heavy atom.